The first-order chi connectivity index (χ1) is 13.3. The molecule has 0 amide bonds. The van der Waals surface area contributed by atoms with Crippen LogP contribution >= 0.6 is 11.6 Å². The summed E-state index contributed by atoms with van der Waals surface area (Å²) in [4.78, 5) is 21.3. The summed E-state index contributed by atoms with van der Waals surface area (Å²) in [6.45, 7) is 7.64. The van der Waals surface area contributed by atoms with Gasteiger partial charge in [0.05, 0.1) is 0 Å². The summed E-state index contributed by atoms with van der Waals surface area (Å²) in [6, 6.07) is 17.9. The Morgan fingerprint density at radius 2 is 1.68 bits per heavy atom. The van der Waals surface area contributed by atoms with Crippen LogP contribution in [0.3, 0.4) is 0 Å². The molecule has 0 saturated heterocycles. The minimum absolute atomic E-state index is 0.162. The van der Waals surface area contributed by atoms with E-state index in [1.165, 1.54) is 0 Å². The number of hydrogen-bond donors (Lipinski definition) is 0. The number of aryl methyl sites for hydroxylation is 1. The van der Waals surface area contributed by atoms with Gasteiger partial charge in [0.2, 0.25) is 0 Å². The second-order valence-corrected chi connectivity index (χ2v) is 8.03. The third-order valence-electron chi connectivity index (χ3n) is 5.22. The van der Waals surface area contributed by atoms with E-state index in [-0.39, 0.29) is 5.78 Å². The molecule has 0 N–H and O–H groups in total. The number of rotatable bonds is 6. The Morgan fingerprint density at radius 3 is 2.29 bits per heavy atom. The fourth-order valence-corrected chi connectivity index (χ4v) is 3.22. The van der Waals surface area contributed by atoms with Crippen molar-refractivity contribution in [3.8, 4) is 11.4 Å². The molecule has 1 heterocycles. The topological polar surface area (TPSA) is 42.9 Å². The van der Waals surface area contributed by atoms with Crippen LogP contribution in [0.15, 0.2) is 54.6 Å². The molecule has 0 saturated carbocycles. The van der Waals surface area contributed by atoms with Gasteiger partial charge in [-0.15, -0.1) is 0 Å². The highest BCUT2D eigenvalue weighted by Crippen LogP contribution is 2.25. The minimum atomic E-state index is -0.470. The lowest BCUT2D eigenvalue weighted by atomic mass is 9.81. The molecule has 2 aromatic carbocycles. The maximum absolute atomic E-state index is 11.9. The number of benzene rings is 2. The molecule has 4 heteroatoms. The predicted molar refractivity (Wildman–Crippen MR) is 115 cm³/mol. The van der Waals surface area contributed by atoms with Crippen LogP contribution in [0.2, 0.25) is 5.02 Å². The van der Waals surface area contributed by atoms with Gasteiger partial charge in [-0.3, -0.25) is 4.79 Å². The van der Waals surface area contributed by atoms with E-state index >= 15 is 0 Å². The van der Waals surface area contributed by atoms with Gasteiger partial charge in [0.1, 0.15) is 5.78 Å². The molecule has 0 radical (unpaired) electrons. The molecule has 3 nitrogen and oxygen atoms in total. The van der Waals surface area contributed by atoms with E-state index in [4.69, 9.17) is 16.6 Å². The van der Waals surface area contributed by atoms with E-state index in [1.54, 1.807) is 6.92 Å². The first kappa shape index (κ1) is 20.2. The van der Waals surface area contributed by atoms with Gasteiger partial charge >= 0.3 is 0 Å². The Kier molecular flexibility index (Phi) is 5.95. The summed E-state index contributed by atoms with van der Waals surface area (Å²) in [5.41, 5.74) is 4.61. The van der Waals surface area contributed by atoms with Crippen LogP contribution < -0.4 is 0 Å². The summed E-state index contributed by atoms with van der Waals surface area (Å²) < 4.78 is 0. The average Bonchev–Trinajstić information content (AvgIpc) is 2.68. The quantitative estimate of drug-likeness (QED) is 0.531. The van der Waals surface area contributed by atoms with E-state index in [2.05, 4.69) is 30.1 Å². The van der Waals surface area contributed by atoms with Crippen LogP contribution in [0.25, 0.3) is 11.4 Å². The van der Waals surface area contributed by atoms with Crippen LogP contribution in [0.1, 0.15) is 50.2 Å². The summed E-state index contributed by atoms with van der Waals surface area (Å²) >= 11 is 6.13. The Hall–Kier alpha value is -2.52. The van der Waals surface area contributed by atoms with Gasteiger partial charge in [0.25, 0.3) is 0 Å². The van der Waals surface area contributed by atoms with Crippen LogP contribution in [-0.4, -0.2) is 15.8 Å². The maximum atomic E-state index is 11.9. The molecule has 0 aliphatic carbocycles. The predicted octanol–water partition coefficient (Wildman–Crippen LogP) is 5.82. The van der Waals surface area contributed by atoms with Crippen molar-refractivity contribution in [2.24, 2.45) is 0 Å². The number of carbonyl (C=O) groups excluding carboxylic acids is 1. The molecule has 0 unspecified atom stereocenters. The zero-order valence-corrected chi connectivity index (χ0v) is 17.5. The van der Waals surface area contributed by atoms with Gasteiger partial charge in [0, 0.05) is 33.8 Å². The van der Waals surface area contributed by atoms with Crippen molar-refractivity contribution in [3.05, 3.63) is 82.1 Å². The van der Waals surface area contributed by atoms with Crippen molar-refractivity contribution in [3.63, 3.8) is 0 Å². The molecule has 1 aromatic heterocycles. The van der Waals surface area contributed by atoms with Gasteiger partial charge in [-0.1, -0.05) is 54.9 Å². The minimum Gasteiger partial charge on any atom is -0.299 e. The molecule has 28 heavy (non-hydrogen) atoms. The lowest BCUT2D eigenvalue weighted by Gasteiger charge is -2.21. The average molecular weight is 393 g/mol. The van der Waals surface area contributed by atoms with E-state index in [0.29, 0.717) is 17.3 Å². The van der Waals surface area contributed by atoms with Crippen LogP contribution in [-0.2, 0) is 23.1 Å². The van der Waals surface area contributed by atoms with E-state index in [9.17, 15) is 4.79 Å². The molecular formula is C24H25ClN2O. The largest absolute Gasteiger partial charge is 0.299 e. The van der Waals surface area contributed by atoms with E-state index in [1.807, 2.05) is 50.2 Å². The smallest absolute Gasteiger partial charge is 0.159 e. The van der Waals surface area contributed by atoms with Gasteiger partial charge in [0.15, 0.2) is 5.82 Å². The molecule has 3 aromatic rings. The number of aromatic nitrogens is 2. The summed E-state index contributed by atoms with van der Waals surface area (Å²) in [5, 5.41) is 0.674. The monoisotopic (exact) mass is 392 g/mol. The highest BCUT2D eigenvalue weighted by atomic mass is 35.5. The Labute approximate surface area is 171 Å². The van der Waals surface area contributed by atoms with Crippen LogP contribution in [0, 0.1) is 0 Å². The first-order valence-corrected chi connectivity index (χ1v) is 9.90. The maximum Gasteiger partial charge on any atom is 0.159 e. The van der Waals surface area contributed by atoms with Gasteiger partial charge in [-0.25, -0.2) is 9.97 Å². The summed E-state index contributed by atoms with van der Waals surface area (Å²) in [7, 11) is 0. The third kappa shape index (κ3) is 4.48. The van der Waals surface area contributed by atoms with Crippen LogP contribution in [0.4, 0.5) is 0 Å². The van der Waals surface area contributed by atoms with Gasteiger partial charge in [-0.2, -0.15) is 0 Å². The standard InChI is InChI=1S/C24H25ClN2O/c1-5-21-15-22(27-23(26-21)18-7-6-8-20(25)14-18)13-17-9-11-19(12-10-17)24(3,4)16(2)28/h6-12,14-15H,5,13H2,1-4H3. The third-order valence-corrected chi connectivity index (χ3v) is 5.45. The molecule has 144 valence electrons. The number of halogens is 1. The molecule has 3 rings (SSSR count). The number of Topliss-reactive ketones (excluding diaryl/α,β-unsaturated/α-hetero) is 1. The highest BCUT2D eigenvalue weighted by Gasteiger charge is 2.25. The lowest BCUT2D eigenvalue weighted by molar-refractivity contribution is -0.121. The Morgan fingerprint density at radius 1 is 1.00 bits per heavy atom. The molecule has 0 aliphatic heterocycles. The fourth-order valence-electron chi connectivity index (χ4n) is 3.03. The van der Waals surface area contributed by atoms with E-state index < -0.39 is 5.41 Å². The van der Waals surface area contributed by atoms with Crippen molar-refractivity contribution < 1.29 is 4.79 Å². The number of carbonyl (C=O) groups is 1. The molecule has 0 fully saturated rings. The number of ketones is 1. The summed E-state index contributed by atoms with van der Waals surface area (Å²) in [6.07, 6.45) is 1.55. The number of nitrogens with zero attached hydrogens (tertiary/aromatic N) is 2. The normalized spacial score (nSPS) is 11.5. The second kappa shape index (κ2) is 8.24. The van der Waals surface area contributed by atoms with Crippen molar-refractivity contribution in [2.45, 2.75) is 46.0 Å². The summed E-state index contributed by atoms with van der Waals surface area (Å²) in [5.74, 6) is 0.862. The van der Waals surface area contributed by atoms with E-state index in [0.717, 1.165) is 34.5 Å². The fraction of sp³-hybridized carbons (Fsp3) is 0.292. The molecular weight excluding hydrogens is 368 g/mol. The van der Waals surface area contributed by atoms with Crippen molar-refractivity contribution in [1.82, 2.24) is 9.97 Å². The molecule has 0 atom stereocenters. The molecule has 0 aliphatic rings. The van der Waals surface area contributed by atoms with Gasteiger partial charge in [-0.05, 0) is 56.5 Å². The Balaban J connectivity index is 1.90. The van der Waals surface area contributed by atoms with Crippen molar-refractivity contribution >= 4 is 17.4 Å². The van der Waals surface area contributed by atoms with Gasteiger partial charge < -0.3 is 0 Å². The zero-order chi connectivity index (χ0) is 20.3. The second-order valence-electron chi connectivity index (χ2n) is 7.59. The highest BCUT2D eigenvalue weighted by molar-refractivity contribution is 6.30. The SMILES string of the molecule is CCc1cc(Cc2ccc(C(C)(C)C(C)=O)cc2)nc(-c2cccc(Cl)c2)n1. The van der Waals surface area contributed by atoms with Crippen LogP contribution in [0.5, 0.6) is 0 Å². The molecule has 0 spiro atoms. The first-order valence-electron chi connectivity index (χ1n) is 9.53. The lowest BCUT2D eigenvalue weighted by Crippen LogP contribution is -2.26. The van der Waals surface area contributed by atoms with Crippen molar-refractivity contribution in [1.29, 1.82) is 0 Å². The van der Waals surface area contributed by atoms with Crippen molar-refractivity contribution in [2.75, 3.05) is 0 Å². The molecule has 0 bridgehead atoms. The zero-order valence-electron chi connectivity index (χ0n) is 16.8. The number of hydrogen-bond acceptors (Lipinski definition) is 3. The Bertz CT molecular complexity index is 994.